The average Bonchev–Trinajstić information content (AvgIpc) is 2.35. The van der Waals surface area contributed by atoms with Crippen LogP contribution in [-0.4, -0.2) is 36.3 Å². The Morgan fingerprint density at radius 2 is 1.67 bits per heavy atom. The van der Waals surface area contributed by atoms with Crippen molar-refractivity contribution in [2.24, 2.45) is 17.4 Å². The van der Waals surface area contributed by atoms with Crippen molar-refractivity contribution in [2.75, 3.05) is 6.54 Å². The maximum atomic E-state index is 12.2. The molecule has 7 nitrogen and oxygen atoms in total. The van der Waals surface area contributed by atoms with Crippen LogP contribution in [0, 0.1) is 5.92 Å². The predicted octanol–water partition coefficient (Wildman–Crippen LogP) is -0.364. The molecule has 0 aromatic carbocycles. The van der Waals surface area contributed by atoms with Crippen LogP contribution < -0.4 is 22.1 Å². The van der Waals surface area contributed by atoms with Gasteiger partial charge in [-0.2, -0.15) is 0 Å². The number of carbonyl (C=O) groups is 3. The van der Waals surface area contributed by atoms with Crippen LogP contribution >= 0.6 is 0 Å². The fourth-order valence-corrected chi connectivity index (χ4v) is 2.00. The molecule has 0 saturated heterocycles. The third kappa shape index (κ3) is 9.01. The van der Waals surface area contributed by atoms with Crippen LogP contribution in [0.15, 0.2) is 0 Å². The number of primary amides is 1. The molecule has 3 amide bonds. The van der Waals surface area contributed by atoms with Gasteiger partial charge in [0.05, 0.1) is 0 Å². The van der Waals surface area contributed by atoms with Crippen LogP contribution in [0.1, 0.15) is 46.5 Å². The minimum absolute atomic E-state index is 0.233. The lowest BCUT2D eigenvalue weighted by Gasteiger charge is -2.22. The molecule has 0 aliphatic heterocycles. The van der Waals surface area contributed by atoms with Gasteiger partial charge in [0, 0.05) is 6.92 Å². The Hall–Kier alpha value is -1.63. The molecular weight excluding hydrogens is 272 g/mol. The molecular formula is C14H28N4O3. The molecule has 6 N–H and O–H groups in total. The first kappa shape index (κ1) is 19.4. The minimum Gasteiger partial charge on any atom is -0.368 e. The number of hydrogen-bond acceptors (Lipinski definition) is 4. The molecule has 0 aliphatic carbocycles. The number of hydrogen-bond donors (Lipinski definition) is 4. The Morgan fingerprint density at radius 3 is 2.10 bits per heavy atom. The molecule has 0 saturated carbocycles. The lowest BCUT2D eigenvalue weighted by atomic mass is 10.0. The van der Waals surface area contributed by atoms with Crippen LogP contribution in [0.5, 0.6) is 0 Å². The van der Waals surface area contributed by atoms with Crippen molar-refractivity contribution >= 4 is 17.7 Å². The lowest BCUT2D eigenvalue weighted by Crippen LogP contribution is -2.53. The molecule has 7 heteroatoms. The molecule has 0 spiro atoms. The van der Waals surface area contributed by atoms with Gasteiger partial charge in [0.1, 0.15) is 12.1 Å². The highest BCUT2D eigenvalue weighted by molar-refractivity contribution is 5.91. The van der Waals surface area contributed by atoms with Gasteiger partial charge in [-0.3, -0.25) is 14.4 Å². The average molecular weight is 300 g/mol. The molecule has 0 radical (unpaired) electrons. The molecule has 122 valence electrons. The van der Waals surface area contributed by atoms with Crippen molar-refractivity contribution in [1.82, 2.24) is 10.6 Å². The second-order valence-electron chi connectivity index (χ2n) is 5.63. The zero-order valence-electron chi connectivity index (χ0n) is 13.1. The van der Waals surface area contributed by atoms with E-state index in [0.29, 0.717) is 25.8 Å². The fraction of sp³-hybridized carbons (Fsp3) is 0.786. The van der Waals surface area contributed by atoms with Crippen molar-refractivity contribution in [2.45, 2.75) is 58.5 Å². The number of amides is 3. The molecule has 0 aromatic heterocycles. The van der Waals surface area contributed by atoms with Crippen LogP contribution in [-0.2, 0) is 14.4 Å². The second kappa shape index (κ2) is 10.1. The Morgan fingerprint density at radius 1 is 1.05 bits per heavy atom. The second-order valence-corrected chi connectivity index (χ2v) is 5.63. The summed E-state index contributed by atoms with van der Waals surface area (Å²) in [5.74, 6) is -1.01. The van der Waals surface area contributed by atoms with Crippen LogP contribution in [0.25, 0.3) is 0 Å². The molecule has 21 heavy (non-hydrogen) atoms. The molecule has 0 aliphatic rings. The summed E-state index contributed by atoms with van der Waals surface area (Å²) < 4.78 is 0. The Labute approximate surface area is 126 Å². The third-order valence-electron chi connectivity index (χ3n) is 3.01. The van der Waals surface area contributed by atoms with Gasteiger partial charge in [0.2, 0.25) is 17.7 Å². The standard InChI is InChI=1S/C14H28N4O3/c1-9(2)8-12(17-10(3)19)14(21)18-11(13(16)20)6-4-5-7-15/h9,11-12H,4-8,15H2,1-3H3,(H2,16,20)(H,17,19)(H,18,21)/t11-,12-/m0/s1. The van der Waals surface area contributed by atoms with E-state index in [0.717, 1.165) is 6.42 Å². The highest BCUT2D eigenvalue weighted by atomic mass is 16.2. The van der Waals surface area contributed by atoms with E-state index in [9.17, 15) is 14.4 Å². The highest BCUT2D eigenvalue weighted by Crippen LogP contribution is 2.07. The van der Waals surface area contributed by atoms with Gasteiger partial charge < -0.3 is 22.1 Å². The first-order valence-electron chi connectivity index (χ1n) is 7.34. The van der Waals surface area contributed by atoms with Crippen molar-refractivity contribution in [1.29, 1.82) is 0 Å². The van der Waals surface area contributed by atoms with Gasteiger partial charge in [0.15, 0.2) is 0 Å². The number of nitrogens with two attached hydrogens (primary N) is 2. The van der Waals surface area contributed by atoms with E-state index in [1.165, 1.54) is 6.92 Å². The zero-order chi connectivity index (χ0) is 16.4. The SMILES string of the molecule is CC(=O)N[C@@H](CC(C)C)C(=O)N[C@@H](CCCCN)C(N)=O. The molecule has 2 atom stereocenters. The van der Waals surface area contributed by atoms with E-state index in [-0.39, 0.29) is 17.7 Å². The monoisotopic (exact) mass is 300 g/mol. The summed E-state index contributed by atoms with van der Waals surface area (Å²) in [6, 6.07) is -1.38. The van der Waals surface area contributed by atoms with E-state index in [1.54, 1.807) is 0 Å². The Kier molecular flexibility index (Phi) is 9.36. The summed E-state index contributed by atoms with van der Waals surface area (Å²) in [6.07, 6.45) is 2.42. The maximum absolute atomic E-state index is 12.2. The normalized spacial score (nSPS) is 13.6. The van der Waals surface area contributed by atoms with E-state index >= 15 is 0 Å². The van der Waals surface area contributed by atoms with Crippen LogP contribution in [0.3, 0.4) is 0 Å². The molecule has 0 heterocycles. The smallest absolute Gasteiger partial charge is 0.243 e. The Bertz CT molecular complexity index is 358. The molecule has 0 aromatic rings. The predicted molar refractivity (Wildman–Crippen MR) is 81.1 cm³/mol. The first-order chi connectivity index (χ1) is 9.77. The molecule has 0 rings (SSSR count). The van der Waals surface area contributed by atoms with Crippen molar-refractivity contribution in [3.05, 3.63) is 0 Å². The van der Waals surface area contributed by atoms with Crippen LogP contribution in [0.4, 0.5) is 0 Å². The van der Waals surface area contributed by atoms with Gasteiger partial charge in [-0.1, -0.05) is 13.8 Å². The summed E-state index contributed by atoms with van der Waals surface area (Å²) in [6.45, 7) is 5.79. The van der Waals surface area contributed by atoms with Gasteiger partial charge in [0.25, 0.3) is 0 Å². The highest BCUT2D eigenvalue weighted by Gasteiger charge is 2.25. The summed E-state index contributed by atoms with van der Waals surface area (Å²) in [5.41, 5.74) is 10.7. The van der Waals surface area contributed by atoms with Gasteiger partial charge >= 0.3 is 0 Å². The topological polar surface area (TPSA) is 127 Å². The molecule has 0 bridgehead atoms. The lowest BCUT2D eigenvalue weighted by molar-refractivity contribution is -0.131. The van der Waals surface area contributed by atoms with Crippen molar-refractivity contribution in [3.63, 3.8) is 0 Å². The van der Waals surface area contributed by atoms with Gasteiger partial charge in [-0.15, -0.1) is 0 Å². The maximum Gasteiger partial charge on any atom is 0.243 e. The minimum atomic E-state index is -0.729. The first-order valence-corrected chi connectivity index (χ1v) is 7.34. The summed E-state index contributed by atoms with van der Waals surface area (Å²) in [5, 5.41) is 5.22. The molecule has 0 fully saturated rings. The number of unbranched alkanes of at least 4 members (excludes halogenated alkanes) is 1. The van der Waals surface area contributed by atoms with Crippen LogP contribution in [0.2, 0.25) is 0 Å². The van der Waals surface area contributed by atoms with E-state index in [1.807, 2.05) is 13.8 Å². The van der Waals surface area contributed by atoms with Gasteiger partial charge in [-0.25, -0.2) is 0 Å². The number of carbonyl (C=O) groups excluding carboxylic acids is 3. The quantitative estimate of drug-likeness (QED) is 0.411. The largest absolute Gasteiger partial charge is 0.368 e. The van der Waals surface area contributed by atoms with Crippen molar-refractivity contribution in [3.8, 4) is 0 Å². The zero-order valence-corrected chi connectivity index (χ0v) is 13.1. The Balaban J connectivity index is 4.65. The molecule has 0 unspecified atom stereocenters. The van der Waals surface area contributed by atoms with Gasteiger partial charge in [-0.05, 0) is 38.1 Å². The summed E-state index contributed by atoms with van der Waals surface area (Å²) >= 11 is 0. The number of rotatable bonds is 10. The number of nitrogens with one attached hydrogen (secondary N) is 2. The third-order valence-corrected chi connectivity index (χ3v) is 3.01. The fourth-order valence-electron chi connectivity index (χ4n) is 2.00. The summed E-state index contributed by atoms with van der Waals surface area (Å²) in [7, 11) is 0. The van der Waals surface area contributed by atoms with Crippen molar-refractivity contribution < 1.29 is 14.4 Å². The van der Waals surface area contributed by atoms with E-state index in [2.05, 4.69) is 10.6 Å². The van der Waals surface area contributed by atoms with E-state index in [4.69, 9.17) is 11.5 Å². The summed E-state index contributed by atoms with van der Waals surface area (Å²) in [4.78, 5) is 34.8. The van der Waals surface area contributed by atoms with E-state index < -0.39 is 18.0 Å².